The van der Waals surface area contributed by atoms with Gasteiger partial charge in [-0.1, -0.05) is 12.1 Å². The van der Waals surface area contributed by atoms with Gasteiger partial charge >= 0.3 is 5.88 Å². The molecule has 0 atom stereocenters. The van der Waals surface area contributed by atoms with Crippen LogP contribution in [0.5, 0.6) is 5.88 Å². The summed E-state index contributed by atoms with van der Waals surface area (Å²) in [6.07, 6.45) is 3.68. The van der Waals surface area contributed by atoms with Crippen LogP contribution >= 0.6 is 11.6 Å². The first-order valence-corrected chi connectivity index (χ1v) is 7.76. The SMILES string of the molecule is COc1c(C(=O)CCl)n(Cc2ccc(C)nc2)c2cccc[n+]12. The number of methoxy groups -OCH3 is 1. The van der Waals surface area contributed by atoms with Gasteiger partial charge in [0.1, 0.15) is 6.54 Å². The van der Waals surface area contributed by atoms with Crippen LogP contribution in [0, 0.1) is 6.92 Å². The maximum Gasteiger partial charge on any atom is 0.341 e. The number of halogens is 1. The summed E-state index contributed by atoms with van der Waals surface area (Å²) < 4.78 is 9.23. The van der Waals surface area contributed by atoms with Crippen LogP contribution in [0.1, 0.15) is 21.7 Å². The van der Waals surface area contributed by atoms with Gasteiger partial charge in [-0.3, -0.25) is 9.78 Å². The zero-order chi connectivity index (χ0) is 16.4. The van der Waals surface area contributed by atoms with Crippen LogP contribution in [0.25, 0.3) is 5.65 Å². The first-order valence-electron chi connectivity index (χ1n) is 7.23. The lowest BCUT2D eigenvalue weighted by Gasteiger charge is -2.02. The number of hydrogen-bond acceptors (Lipinski definition) is 3. The van der Waals surface area contributed by atoms with Crippen molar-refractivity contribution in [2.75, 3.05) is 13.0 Å². The number of pyridine rings is 2. The molecule has 0 bridgehead atoms. The third-order valence-electron chi connectivity index (χ3n) is 3.70. The molecule has 5 nitrogen and oxygen atoms in total. The predicted molar refractivity (Wildman–Crippen MR) is 87.3 cm³/mol. The molecule has 0 saturated heterocycles. The van der Waals surface area contributed by atoms with Crippen LogP contribution in [0.15, 0.2) is 42.7 Å². The summed E-state index contributed by atoms with van der Waals surface area (Å²) in [4.78, 5) is 16.7. The first-order chi connectivity index (χ1) is 11.2. The van der Waals surface area contributed by atoms with E-state index in [1.54, 1.807) is 7.11 Å². The van der Waals surface area contributed by atoms with E-state index in [1.165, 1.54) is 0 Å². The number of hydrogen-bond donors (Lipinski definition) is 0. The van der Waals surface area contributed by atoms with Crippen molar-refractivity contribution >= 4 is 23.0 Å². The normalized spacial score (nSPS) is 10.9. The Labute approximate surface area is 139 Å². The molecule has 3 aromatic heterocycles. The second-order valence-electron chi connectivity index (χ2n) is 5.24. The lowest BCUT2D eigenvalue weighted by Crippen LogP contribution is -2.21. The third-order valence-corrected chi connectivity index (χ3v) is 3.94. The average Bonchev–Trinajstić information content (AvgIpc) is 2.90. The number of imidazole rings is 1. The Balaban J connectivity index is 2.20. The van der Waals surface area contributed by atoms with Gasteiger partial charge in [-0.05, 0) is 19.1 Å². The largest absolute Gasteiger partial charge is 0.462 e. The Kier molecular flexibility index (Phi) is 4.30. The summed E-state index contributed by atoms with van der Waals surface area (Å²) in [6.45, 7) is 2.46. The van der Waals surface area contributed by atoms with Gasteiger partial charge in [0.2, 0.25) is 5.78 Å². The van der Waals surface area contributed by atoms with Gasteiger partial charge in [-0.25, -0.2) is 4.57 Å². The van der Waals surface area contributed by atoms with Crippen molar-refractivity contribution in [3.8, 4) is 5.88 Å². The Morgan fingerprint density at radius 3 is 2.83 bits per heavy atom. The van der Waals surface area contributed by atoms with E-state index in [1.807, 2.05) is 58.6 Å². The first kappa shape index (κ1) is 15.5. The summed E-state index contributed by atoms with van der Waals surface area (Å²) in [6, 6.07) is 9.71. The predicted octanol–water partition coefficient (Wildman–Crippen LogP) is 2.41. The smallest absolute Gasteiger partial charge is 0.341 e. The average molecular weight is 331 g/mol. The fourth-order valence-corrected chi connectivity index (χ4v) is 2.76. The molecule has 0 fully saturated rings. The van der Waals surface area contributed by atoms with Gasteiger partial charge in [-0.15, -0.1) is 11.6 Å². The van der Waals surface area contributed by atoms with Crippen molar-refractivity contribution in [2.24, 2.45) is 0 Å². The maximum atomic E-state index is 12.4. The topological polar surface area (TPSA) is 48.2 Å². The summed E-state index contributed by atoms with van der Waals surface area (Å²) in [7, 11) is 1.55. The molecule has 0 spiro atoms. The second-order valence-corrected chi connectivity index (χ2v) is 5.50. The molecule has 118 valence electrons. The number of ketones is 1. The van der Waals surface area contributed by atoms with Crippen LogP contribution in [0.2, 0.25) is 0 Å². The number of alkyl halides is 1. The minimum atomic E-state index is -0.174. The Morgan fingerprint density at radius 1 is 1.35 bits per heavy atom. The molecule has 0 aliphatic rings. The molecule has 3 aromatic rings. The Morgan fingerprint density at radius 2 is 2.17 bits per heavy atom. The summed E-state index contributed by atoms with van der Waals surface area (Å²) in [5, 5.41) is 0. The second kappa shape index (κ2) is 6.38. The van der Waals surface area contributed by atoms with Crippen LogP contribution in [0.3, 0.4) is 0 Å². The molecule has 0 aliphatic heterocycles. The molecular formula is C17H17ClN3O2+. The summed E-state index contributed by atoms with van der Waals surface area (Å²) in [5.74, 6) is 0.220. The number of aryl methyl sites for hydroxylation is 1. The number of Topliss-reactive ketones (excluding diaryl/α,β-unsaturated/α-hetero) is 1. The molecule has 3 rings (SSSR count). The highest BCUT2D eigenvalue weighted by atomic mass is 35.5. The third kappa shape index (κ3) is 2.80. The van der Waals surface area contributed by atoms with E-state index in [9.17, 15) is 4.79 Å². The van der Waals surface area contributed by atoms with Crippen molar-refractivity contribution in [1.82, 2.24) is 9.55 Å². The van der Waals surface area contributed by atoms with E-state index in [0.29, 0.717) is 18.1 Å². The zero-order valence-electron chi connectivity index (χ0n) is 13.0. The van der Waals surface area contributed by atoms with Gasteiger partial charge in [0.05, 0.1) is 19.2 Å². The molecule has 3 heterocycles. The maximum absolute atomic E-state index is 12.4. The van der Waals surface area contributed by atoms with Crippen LogP contribution in [-0.4, -0.2) is 28.3 Å². The minimum Gasteiger partial charge on any atom is -0.462 e. The van der Waals surface area contributed by atoms with E-state index < -0.39 is 0 Å². The number of aromatic nitrogens is 3. The van der Waals surface area contributed by atoms with Gasteiger partial charge in [-0.2, -0.15) is 4.40 Å². The molecule has 0 radical (unpaired) electrons. The van der Waals surface area contributed by atoms with E-state index in [-0.39, 0.29) is 11.7 Å². The molecule has 0 N–H and O–H groups in total. The molecule has 0 saturated carbocycles. The van der Waals surface area contributed by atoms with Gasteiger partial charge in [0.15, 0.2) is 0 Å². The quantitative estimate of drug-likeness (QED) is 0.410. The number of rotatable bonds is 5. The molecular weight excluding hydrogens is 314 g/mol. The molecule has 6 heteroatoms. The van der Waals surface area contributed by atoms with Crippen molar-refractivity contribution in [1.29, 1.82) is 0 Å². The van der Waals surface area contributed by atoms with E-state index in [0.717, 1.165) is 16.9 Å². The number of carbonyl (C=O) groups is 1. The number of carbonyl (C=O) groups excluding carboxylic acids is 1. The lowest BCUT2D eigenvalue weighted by molar-refractivity contribution is -0.520. The number of ether oxygens (including phenoxy) is 1. The van der Waals surface area contributed by atoms with Gasteiger partial charge in [0.25, 0.3) is 11.3 Å². The molecule has 0 aliphatic carbocycles. The fraction of sp³-hybridized carbons (Fsp3) is 0.235. The zero-order valence-corrected chi connectivity index (χ0v) is 13.7. The minimum absolute atomic E-state index is 0.0978. The van der Waals surface area contributed by atoms with Gasteiger partial charge in [0, 0.05) is 23.5 Å². The highest BCUT2D eigenvalue weighted by Gasteiger charge is 2.31. The number of nitrogens with zero attached hydrogens (tertiary/aromatic N) is 3. The Bertz CT molecular complexity index is 856. The van der Waals surface area contributed by atoms with Crippen LogP contribution < -0.4 is 9.14 Å². The van der Waals surface area contributed by atoms with E-state index >= 15 is 0 Å². The summed E-state index contributed by atoms with van der Waals surface area (Å²) in [5.41, 5.74) is 3.28. The number of fused-ring (bicyclic) bond motifs is 1. The van der Waals surface area contributed by atoms with Crippen molar-refractivity contribution in [3.63, 3.8) is 0 Å². The van der Waals surface area contributed by atoms with E-state index in [2.05, 4.69) is 4.98 Å². The molecule has 0 amide bonds. The van der Waals surface area contributed by atoms with Crippen LogP contribution in [0.4, 0.5) is 0 Å². The summed E-state index contributed by atoms with van der Waals surface area (Å²) >= 11 is 5.80. The Hall–Kier alpha value is -2.40. The van der Waals surface area contributed by atoms with Gasteiger partial charge < -0.3 is 4.74 Å². The standard InChI is InChI=1S/C17H17ClN3O2/c1-12-6-7-13(10-19-12)11-21-15-5-3-4-8-20(15)17(23-2)16(21)14(22)9-18/h3-8,10H,9,11H2,1-2H3/q+1. The molecule has 0 unspecified atom stereocenters. The van der Waals surface area contributed by atoms with Crippen molar-refractivity contribution in [2.45, 2.75) is 13.5 Å². The lowest BCUT2D eigenvalue weighted by atomic mass is 10.2. The highest BCUT2D eigenvalue weighted by molar-refractivity contribution is 6.30. The monoisotopic (exact) mass is 330 g/mol. The van der Waals surface area contributed by atoms with Crippen molar-refractivity contribution < 1.29 is 13.9 Å². The molecule has 0 aromatic carbocycles. The molecule has 23 heavy (non-hydrogen) atoms. The fourth-order valence-electron chi connectivity index (χ4n) is 2.63. The highest BCUT2D eigenvalue weighted by Crippen LogP contribution is 2.21. The van der Waals surface area contributed by atoms with Crippen molar-refractivity contribution in [3.05, 3.63) is 59.7 Å². The van der Waals surface area contributed by atoms with E-state index in [4.69, 9.17) is 16.3 Å². The van der Waals surface area contributed by atoms with Crippen LogP contribution in [-0.2, 0) is 6.54 Å².